The average molecular weight is 239 g/mol. The lowest BCUT2D eigenvalue weighted by atomic mass is 10.2. The second kappa shape index (κ2) is 5.48. The van der Waals surface area contributed by atoms with Crippen molar-refractivity contribution >= 4 is 29.4 Å². The molecule has 0 atom stereocenters. The first-order valence-corrected chi connectivity index (χ1v) is 4.31. The maximum Gasteiger partial charge on any atom is 0.171 e. The summed E-state index contributed by atoms with van der Waals surface area (Å²) in [7, 11) is 3.90. The van der Waals surface area contributed by atoms with Crippen LogP contribution in [0, 0.1) is 0 Å². The van der Waals surface area contributed by atoms with Crippen molar-refractivity contribution in [3.05, 3.63) is 33.8 Å². The summed E-state index contributed by atoms with van der Waals surface area (Å²) in [6.45, 7) is 0. The van der Waals surface area contributed by atoms with E-state index in [0.29, 0.717) is 10.0 Å². The Morgan fingerprint density at radius 1 is 1.23 bits per heavy atom. The summed E-state index contributed by atoms with van der Waals surface area (Å²) in [6.07, 6.45) is 1.94. The number of hydrogen-bond donors (Lipinski definition) is 0. The van der Waals surface area contributed by atoms with Crippen LogP contribution < -0.4 is 12.4 Å². The first-order chi connectivity index (χ1) is 5.59. The molecule has 0 aliphatic rings. The maximum absolute atomic E-state index is 5.93. The summed E-state index contributed by atoms with van der Waals surface area (Å²) in [5.41, 5.74) is 0.978. The van der Waals surface area contributed by atoms with Gasteiger partial charge in [-0.15, -0.1) is 0 Å². The SMILES string of the molecule is C[N+](C)=Cc1ccc(Cl)cc1Cl.[Cl-]. The topological polar surface area (TPSA) is 3.01 Å². The Hall–Kier alpha value is -0.240. The molecule has 0 fully saturated rings. The Morgan fingerprint density at radius 2 is 1.85 bits per heavy atom. The van der Waals surface area contributed by atoms with Crippen molar-refractivity contribution in [3.8, 4) is 0 Å². The van der Waals surface area contributed by atoms with Crippen molar-refractivity contribution in [1.82, 2.24) is 0 Å². The van der Waals surface area contributed by atoms with Crippen molar-refractivity contribution in [2.45, 2.75) is 0 Å². The lowest BCUT2D eigenvalue weighted by molar-refractivity contribution is -0.458. The third-order valence-corrected chi connectivity index (χ3v) is 1.92. The Bertz CT molecular complexity index is 317. The average Bonchev–Trinajstić information content (AvgIpc) is 1.94. The van der Waals surface area contributed by atoms with Gasteiger partial charge in [0.25, 0.3) is 0 Å². The molecule has 0 bridgehead atoms. The van der Waals surface area contributed by atoms with Crippen LogP contribution in [0.25, 0.3) is 0 Å². The lowest BCUT2D eigenvalue weighted by Gasteiger charge is -1.95. The van der Waals surface area contributed by atoms with Gasteiger partial charge in [0, 0.05) is 5.02 Å². The molecule has 0 N–H and O–H groups in total. The monoisotopic (exact) mass is 237 g/mol. The van der Waals surface area contributed by atoms with Gasteiger partial charge in [-0.05, 0) is 18.2 Å². The van der Waals surface area contributed by atoms with Crippen LogP contribution in [0.3, 0.4) is 0 Å². The Kier molecular flexibility index (Phi) is 5.38. The van der Waals surface area contributed by atoms with Crippen LogP contribution in [-0.4, -0.2) is 24.9 Å². The summed E-state index contributed by atoms with van der Waals surface area (Å²) in [6, 6.07) is 5.45. The minimum atomic E-state index is 0. The van der Waals surface area contributed by atoms with E-state index in [4.69, 9.17) is 23.2 Å². The van der Waals surface area contributed by atoms with E-state index in [0.717, 1.165) is 5.56 Å². The molecule has 0 aliphatic carbocycles. The van der Waals surface area contributed by atoms with Crippen LogP contribution in [0.2, 0.25) is 10.0 Å². The molecular weight excluding hydrogens is 228 g/mol. The second-order valence-electron chi connectivity index (χ2n) is 2.76. The molecule has 72 valence electrons. The molecule has 0 amide bonds. The summed E-state index contributed by atoms with van der Waals surface area (Å²) in [5.74, 6) is 0. The molecule has 1 aromatic rings. The Balaban J connectivity index is 0.00000144. The minimum Gasteiger partial charge on any atom is -1.00 e. The summed E-state index contributed by atoms with van der Waals surface area (Å²) in [5, 5.41) is 1.34. The van der Waals surface area contributed by atoms with E-state index >= 15 is 0 Å². The Morgan fingerprint density at radius 3 is 2.31 bits per heavy atom. The Labute approximate surface area is 94.4 Å². The van der Waals surface area contributed by atoms with Gasteiger partial charge >= 0.3 is 0 Å². The summed E-state index contributed by atoms with van der Waals surface area (Å²) < 4.78 is 1.94. The zero-order valence-electron chi connectivity index (χ0n) is 7.39. The number of nitrogens with zero attached hydrogens (tertiary/aromatic N) is 1. The molecule has 1 aromatic carbocycles. The standard InChI is InChI=1S/C9H10Cl2N.ClH/c1-12(2)6-7-3-4-8(10)5-9(7)11;/h3-6H,1-2H3;1H/q+1;/p-1. The van der Waals surface area contributed by atoms with E-state index in [1.807, 2.05) is 37.0 Å². The molecule has 0 aromatic heterocycles. The van der Waals surface area contributed by atoms with Crippen LogP contribution >= 0.6 is 23.2 Å². The van der Waals surface area contributed by atoms with Crippen molar-refractivity contribution in [2.24, 2.45) is 0 Å². The third-order valence-electron chi connectivity index (χ3n) is 1.36. The van der Waals surface area contributed by atoms with E-state index in [9.17, 15) is 0 Å². The van der Waals surface area contributed by atoms with Crippen molar-refractivity contribution in [2.75, 3.05) is 14.1 Å². The van der Waals surface area contributed by atoms with E-state index in [-0.39, 0.29) is 12.4 Å². The van der Waals surface area contributed by atoms with Crippen molar-refractivity contribution in [3.63, 3.8) is 0 Å². The van der Waals surface area contributed by atoms with Gasteiger partial charge in [-0.2, -0.15) is 0 Å². The zero-order chi connectivity index (χ0) is 9.14. The molecule has 1 rings (SSSR count). The van der Waals surface area contributed by atoms with Gasteiger partial charge in [0.1, 0.15) is 14.1 Å². The smallest absolute Gasteiger partial charge is 0.171 e. The fourth-order valence-electron chi connectivity index (χ4n) is 0.884. The number of halogens is 3. The van der Waals surface area contributed by atoms with Gasteiger partial charge in [-0.1, -0.05) is 23.2 Å². The first-order valence-electron chi connectivity index (χ1n) is 3.56. The minimum absolute atomic E-state index is 0. The fourth-order valence-corrected chi connectivity index (χ4v) is 1.34. The maximum atomic E-state index is 5.93. The molecule has 0 saturated carbocycles. The van der Waals surface area contributed by atoms with Crippen molar-refractivity contribution in [1.29, 1.82) is 0 Å². The largest absolute Gasteiger partial charge is 1.00 e. The number of rotatable bonds is 1. The quantitative estimate of drug-likeness (QED) is 0.466. The van der Waals surface area contributed by atoms with Gasteiger partial charge in [0.15, 0.2) is 6.21 Å². The van der Waals surface area contributed by atoms with Gasteiger partial charge < -0.3 is 12.4 Å². The number of hydrogen-bond acceptors (Lipinski definition) is 0. The molecule has 0 aliphatic heterocycles. The zero-order valence-corrected chi connectivity index (χ0v) is 9.66. The van der Waals surface area contributed by atoms with E-state index < -0.39 is 0 Å². The van der Waals surface area contributed by atoms with E-state index in [1.54, 1.807) is 6.07 Å². The predicted octanol–water partition coefficient (Wildman–Crippen LogP) is -0.312. The highest BCUT2D eigenvalue weighted by Gasteiger charge is 2.00. The predicted molar refractivity (Wildman–Crippen MR) is 53.7 cm³/mol. The van der Waals surface area contributed by atoms with Crippen LogP contribution in [0.15, 0.2) is 18.2 Å². The molecule has 1 nitrogen and oxygen atoms in total. The molecule has 0 unspecified atom stereocenters. The van der Waals surface area contributed by atoms with Gasteiger partial charge in [0.05, 0.1) is 10.6 Å². The van der Waals surface area contributed by atoms with Crippen LogP contribution in [0.1, 0.15) is 5.56 Å². The highest BCUT2D eigenvalue weighted by molar-refractivity contribution is 6.36. The molecule has 0 heterocycles. The van der Waals surface area contributed by atoms with E-state index in [2.05, 4.69) is 0 Å². The van der Waals surface area contributed by atoms with Crippen LogP contribution in [0.4, 0.5) is 0 Å². The highest BCUT2D eigenvalue weighted by Crippen LogP contribution is 2.19. The van der Waals surface area contributed by atoms with Crippen LogP contribution in [-0.2, 0) is 0 Å². The summed E-state index contributed by atoms with van der Waals surface area (Å²) in [4.78, 5) is 0. The molecule has 0 spiro atoms. The van der Waals surface area contributed by atoms with Gasteiger partial charge in [-0.25, -0.2) is 4.58 Å². The van der Waals surface area contributed by atoms with Gasteiger partial charge in [-0.3, -0.25) is 0 Å². The van der Waals surface area contributed by atoms with Gasteiger partial charge in [0.2, 0.25) is 0 Å². The third kappa shape index (κ3) is 3.99. The van der Waals surface area contributed by atoms with Crippen molar-refractivity contribution < 1.29 is 17.0 Å². The molecule has 4 heteroatoms. The first kappa shape index (κ1) is 12.8. The lowest BCUT2D eigenvalue weighted by Crippen LogP contribution is -3.00. The van der Waals surface area contributed by atoms with Crippen LogP contribution in [0.5, 0.6) is 0 Å². The molecule has 0 saturated heterocycles. The molecule has 13 heavy (non-hydrogen) atoms. The normalized spacial score (nSPS) is 8.92. The highest BCUT2D eigenvalue weighted by atomic mass is 35.5. The molecule has 0 radical (unpaired) electrons. The molecular formula is C9H10Cl3N. The number of benzene rings is 1. The summed E-state index contributed by atoms with van der Waals surface area (Å²) >= 11 is 11.7. The second-order valence-corrected chi connectivity index (χ2v) is 3.60. The van der Waals surface area contributed by atoms with E-state index in [1.165, 1.54) is 0 Å². The fraction of sp³-hybridized carbons (Fsp3) is 0.222.